The van der Waals surface area contributed by atoms with Crippen LogP contribution in [0.2, 0.25) is 0 Å². The molecular formula is C13H9F3N2O2. The lowest BCUT2D eigenvalue weighted by molar-refractivity contribution is -0.0498. The zero-order valence-electron chi connectivity index (χ0n) is 10.0. The van der Waals surface area contributed by atoms with E-state index in [9.17, 15) is 18.0 Å². The second kappa shape index (κ2) is 6.05. The van der Waals surface area contributed by atoms with E-state index in [2.05, 4.69) is 15.0 Å². The van der Waals surface area contributed by atoms with Crippen molar-refractivity contribution in [2.75, 3.05) is 5.32 Å². The van der Waals surface area contributed by atoms with Gasteiger partial charge in [-0.3, -0.25) is 4.79 Å². The Morgan fingerprint density at radius 1 is 1.20 bits per heavy atom. The Kier molecular flexibility index (Phi) is 4.19. The van der Waals surface area contributed by atoms with Gasteiger partial charge in [-0.05, 0) is 30.3 Å². The van der Waals surface area contributed by atoms with Gasteiger partial charge in [-0.15, -0.1) is 0 Å². The zero-order chi connectivity index (χ0) is 14.5. The smallest absolute Gasteiger partial charge is 0.387 e. The fourth-order valence-corrected chi connectivity index (χ4v) is 1.48. The average Bonchev–Trinajstić information content (AvgIpc) is 2.38. The van der Waals surface area contributed by atoms with Crippen molar-refractivity contribution < 1.29 is 22.7 Å². The number of benzene rings is 1. The quantitative estimate of drug-likeness (QED) is 0.877. The van der Waals surface area contributed by atoms with Crippen LogP contribution in [0.3, 0.4) is 0 Å². The molecule has 0 unspecified atom stereocenters. The van der Waals surface area contributed by atoms with Crippen LogP contribution >= 0.6 is 0 Å². The number of amides is 1. The highest BCUT2D eigenvalue weighted by Crippen LogP contribution is 2.17. The van der Waals surface area contributed by atoms with Crippen LogP contribution in [0.15, 0.2) is 42.5 Å². The number of aromatic nitrogens is 1. The molecule has 1 aromatic heterocycles. The summed E-state index contributed by atoms with van der Waals surface area (Å²) < 4.78 is 41.2. The Labute approximate surface area is 112 Å². The molecule has 0 aliphatic heterocycles. The molecular weight excluding hydrogens is 273 g/mol. The van der Waals surface area contributed by atoms with Gasteiger partial charge in [-0.25, -0.2) is 4.98 Å². The van der Waals surface area contributed by atoms with Gasteiger partial charge in [0.2, 0.25) is 5.95 Å². The molecule has 2 aromatic rings. The molecule has 0 atom stereocenters. The molecule has 0 saturated carbocycles. The van der Waals surface area contributed by atoms with Crippen molar-refractivity contribution in [1.29, 1.82) is 0 Å². The molecule has 0 spiro atoms. The standard InChI is InChI=1S/C13H9F3N2O2/c14-10-5-2-6-11(17-10)18-12(19)8-3-1-4-9(7-8)20-13(15)16/h1-7,13H,(H,17,18,19). The summed E-state index contributed by atoms with van der Waals surface area (Å²) in [5.74, 6) is -1.46. The van der Waals surface area contributed by atoms with Crippen molar-refractivity contribution >= 4 is 11.7 Å². The molecule has 104 valence electrons. The van der Waals surface area contributed by atoms with Crippen LogP contribution in [-0.4, -0.2) is 17.5 Å². The van der Waals surface area contributed by atoms with Gasteiger partial charge in [0.05, 0.1) is 0 Å². The zero-order valence-corrected chi connectivity index (χ0v) is 10.0. The third-order valence-corrected chi connectivity index (χ3v) is 2.28. The van der Waals surface area contributed by atoms with E-state index in [-0.39, 0.29) is 17.1 Å². The fraction of sp³-hybridized carbons (Fsp3) is 0.0769. The van der Waals surface area contributed by atoms with E-state index in [1.54, 1.807) is 0 Å². The summed E-state index contributed by atoms with van der Waals surface area (Å²) in [6.07, 6.45) is 0. The summed E-state index contributed by atoms with van der Waals surface area (Å²) >= 11 is 0. The summed E-state index contributed by atoms with van der Waals surface area (Å²) in [6, 6.07) is 9.17. The van der Waals surface area contributed by atoms with Crippen LogP contribution in [0.25, 0.3) is 0 Å². The number of carbonyl (C=O) groups is 1. The lowest BCUT2D eigenvalue weighted by Crippen LogP contribution is -2.13. The van der Waals surface area contributed by atoms with Crippen LogP contribution in [0, 0.1) is 5.95 Å². The van der Waals surface area contributed by atoms with E-state index < -0.39 is 18.5 Å². The number of nitrogens with one attached hydrogen (secondary N) is 1. The summed E-state index contributed by atoms with van der Waals surface area (Å²) in [4.78, 5) is 15.3. The lowest BCUT2D eigenvalue weighted by atomic mass is 10.2. The third kappa shape index (κ3) is 3.71. The molecule has 1 N–H and O–H groups in total. The predicted octanol–water partition coefficient (Wildman–Crippen LogP) is 3.07. The third-order valence-electron chi connectivity index (χ3n) is 2.28. The molecule has 0 saturated heterocycles. The largest absolute Gasteiger partial charge is 0.435 e. The second-order valence-corrected chi connectivity index (χ2v) is 3.71. The summed E-state index contributed by atoms with van der Waals surface area (Å²) in [7, 11) is 0. The summed E-state index contributed by atoms with van der Waals surface area (Å²) in [5, 5.41) is 2.35. The number of hydrogen-bond donors (Lipinski definition) is 1. The highest BCUT2D eigenvalue weighted by Gasteiger charge is 2.10. The Balaban J connectivity index is 2.13. The number of alkyl halides is 2. The highest BCUT2D eigenvalue weighted by atomic mass is 19.3. The lowest BCUT2D eigenvalue weighted by Gasteiger charge is -2.07. The van der Waals surface area contributed by atoms with E-state index in [0.717, 1.165) is 12.1 Å². The molecule has 0 bridgehead atoms. The molecule has 0 aliphatic carbocycles. The highest BCUT2D eigenvalue weighted by molar-refractivity contribution is 6.03. The van der Waals surface area contributed by atoms with E-state index in [4.69, 9.17) is 0 Å². The molecule has 1 aromatic carbocycles. The molecule has 7 heteroatoms. The van der Waals surface area contributed by atoms with Crippen molar-refractivity contribution in [1.82, 2.24) is 4.98 Å². The van der Waals surface area contributed by atoms with Gasteiger partial charge in [0.1, 0.15) is 11.6 Å². The number of hydrogen-bond acceptors (Lipinski definition) is 3. The fourth-order valence-electron chi connectivity index (χ4n) is 1.48. The maximum absolute atomic E-state index is 12.9. The molecule has 1 amide bonds. The Bertz CT molecular complexity index is 620. The first-order valence-corrected chi connectivity index (χ1v) is 5.53. The van der Waals surface area contributed by atoms with Gasteiger partial charge in [-0.2, -0.15) is 13.2 Å². The molecule has 0 aliphatic rings. The summed E-state index contributed by atoms with van der Waals surface area (Å²) in [6.45, 7) is -2.97. The average molecular weight is 282 g/mol. The molecule has 20 heavy (non-hydrogen) atoms. The molecule has 0 fully saturated rings. The van der Waals surface area contributed by atoms with E-state index in [1.165, 1.54) is 30.3 Å². The topological polar surface area (TPSA) is 51.2 Å². The van der Waals surface area contributed by atoms with Crippen molar-refractivity contribution in [2.45, 2.75) is 6.61 Å². The summed E-state index contributed by atoms with van der Waals surface area (Å²) in [5.41, 5.74) is 0.0919. The maximum atomic E-state index is 12.9. The van der Waals surface area contributed by atoms with Crippen LogP contribution in [0.4, 0.5) is 19.0 Å². The number of carbonyl (C=O) groups excluding carboxylic acids is 1. The van der Waals surface area contributed by atoms with Crippen LogP contribution in [0.5, 0.6) is 5.75 Å². The van der Waals surface area contributed by atoms with Crippen molar-refractivity contribution in [3.8, 4) is 5.75 Å². The van der Waals surface area contributed by atoms with E-state index >= 15 is 0 Å². The Morgan fingerprint density at radius 3 is 2.65 bits per heavy atom. The normalized spacial score (nSPS) is 10.4. The van der Waals surface area contributed by atoms with Gasteiger partial charge < -0.3 is 10.1 Å². The van der Waals surface area contributed by atoms with E-state index in [0.29, 0.717) is 0 Å². The minimum absolute atomic E-state index is 0.0233. The molecule has 4 nitrogen and oxygen atoms in total. The van der Waals surface area contributed by atoms with E-state index in [1.807, 2.05) is 0 Å². The number of rotatable bonds is 4. The van der Waals surface area contributed by atoms with Gasteiger partial charge in [0.15, 0.2) is 0 Å². The van der Waals surface area contributed by atoms with Gasteiger partial charge in [0.25, 0.3) is 5.91 Å². The van der Waals surface area contributed by atoms with Crippen molar-refractivity contribution in [3.63, 3.8) is 0 Å². The first-order valence-electron chi connectivity index (χ1n) is 5.53. The number of halogens is 3. The molecule has 1 heterocycles. The Hall–Kier alpha value is -2.57. The van der Waals surface area contributed by atoms with Gasteiger partial charge >= 0.3 is 6.61 Å². The maximum Gasteiger partial charge on any atom is 0.387 e. The van der Waals surface area contributed by atoms with Crippen molar-refractivity contribution in [2.24, 2.45) is 0 Å². The number of ether oxygens (including phenoxy) is 1. The number of nitrogens with zero attached hydrogens (tertiary/aromatic N) is 1. The monoisotopic (exact) mass is 282 g/mol. The molecule has 2 rings (SSSR count). The first-order chi connectivity index (χ1) is 9.54. The van der Waals surface area contributed by atoms with Crippen LogP contribution < -0.4 is 10.1 Å². The van der Waals surface area contributed by atoms with Crippen LogP contribution in [0.1, 0.15) is 10.4 Å². The SMILES string of the molecule is O=C(Nc1cccc(F)n1)c1cccc(OC(F)F)c1. The minimum Gasteiger partial charge on any atom is -0.435 e. The van der Waals surface area contributed by atoms with Crippen LogP contribution in [-0.2, 0) is 0 Å². The molecule has 0 radical (unpaired) electrons. The number of pyridine rings is 1. The minimum atomic E-state index is -2.97. The number of anilines is 1. The first kappa shape index (κ1) is 13.9. The van der Waals surface area contributed by atoms with Gasteiger partial charge in [0, 0.05) is 5.56 Å². The Morgan fingerprint density at radius 2 is 1.95 bits per heavy atom. The predicted molar refractivity (Wildman–Crippen MR) is 65.2 cm³/mol. The second-order valence-electron chi connectivity index (χ2n) is 3.71. The van der Waals surface area contributed by atoms with Gasteiger partial charge in [-0.1, -0.05) is 12.1 Å². The van der Waals surface area contributed by atoms with Crippen molar-refractivity contribution in [3.05, 3.63) is 54.0 Å².